The first-order chi connectivity index (χ1) is 6.75. The van der Waals surface area contributed by atoms with Crippen molar-refractivity contribution >= 4 is 15.7 Å². The van der Waals surface area contributed by atoms with E-state index in [-0.39, 0.29) is 5.54 Å². The molecule has 1 aliphatic rings. The summed E-state index contributed by atoms with van der Waals surface area (Å²) in [6, 6.07) is 0. The SMILES string of the molecule is CC(C(=O)NCC1(N)CCC1)S(C)(=O)=O. The Balaban J connectivity index is 2.43. The lowest BCUT2D eigenvalue weighted by Gasteiger charge is -2.38. The smallest absolute Gasteiger partial charge is 0.238 e. The molecule has 1 atom stereocenters. The molecule has 6 heteroatoms. The summed E-state index contributed by atoms with van der Waals surface area (Å²) in [5, 5.41) is 1.59. The third-order valence-corrected chi connectivity index (χ3v) is 4.47. The lowest BCUT2D eigenvalue weighted by Crippen LogP contribution is -2.56. The quantitative estimate of drug-likeness (QED) is 0.681. The molecule has 0 aromatic carbocycles. The summed E-state index contributed by atoms with van der Waals surface area (Å²) < 4.78 is 22.2. The van der Waals surface area contributed by atoms with E-state index in [0.717, 1.165) is 25.5 Å². The van der Waals surface area contributed by atoms with Crippen LogP contribution >= 0.6 is 0 Å². The third kappa shape index (κ3) is 3.17. The molecule has 1 amide bonds. The van der Waals surface area contributed by atoms with Crippen LogP contribution in [0, 0.1) is 0 Å². The Kier molecular flexibility index (Phi) is 3.40. The standard InChI is InChI=1S/C9H18N2O3S/c1-7(15(2,13)14)8(12)11-6-9(10)4-3-5-9/h7H,3-6,10H2,1-2H3,(H,11,12). The van der Waals surface area contributed by atoms with Crippen LogP contribution in [0.1, 0.15) is 26.2 Å². The Labute approximate surface area is 90.3 Å². The summed E-state index contributed by atoms with van der Waals surface area (Å²) in [6.45, 7) is 1.75. The summed E-state index contributed by atoms with van der Waals surface area (Å²) in [5.74, 6) is -0.464. The van der Waals surface area contributed by atoms with Crippen LogP contribution in [0.2, 0.25) is 0 Å². The molecule has 0 spiro atoms. The van der Waals surface area contributed by atoms with Gasteiger partial charge < -0.3 is 11.1 Å². The molecule has 1 fully saturated rings. The van der Waals surface area contributed by atoms with Gasteiger partial charge in [-0.25, -0.2) is 8.42 Å². The first kappa shape index (κ1) is 12.4. The topological polar surface area (TPSA) is 89.3 Å². The fourth-order valence-corrected chi connectivity index (χ4v) is 1.88. The summed E-state index contributed by atoms with van der Waals surface area (Å²) in [7, 11) is -3.31. The van der Waals surface area contributed by atoms with Crippen LogP contribution in [0.15, 0.2) is 0 Å². The van der Waals surface area contributed by atoms with Crippen LogP contribution in [0.3, 0.4) is 0 Å². The van der Waals surface area contributed by atoms with E-state index in [4.69, 9.17) is 5.73 Å². The van der Waals surface area contributed by atoms with Crippen molar-refractivity contribution in [3.63, 3.8) is 0 Å². The fourth-order valence-electron chi connectivity index (χ4n) is 1.41. The molecule has 0 heterocycles. The van der Waals surface area contributed by atoms with Crippen molar-refractivity contribution in [2.75, 3.05) is 12.8 Å². The predicted molar refractivity (Wildman–Crippen MR) is 58.1 cm³/mol. The van der Waals surface area contributed by atoms with Crippen molar-refractivity contribution < 1.29 is 13.2 Å². The molecule has 1 rings (SSSR count). The molecule has 88 valence electrons. The van der Waals surface area contributed by atoms with Gasteiger partial charge in [-0.1, -0.05) is 0 Å². The second kappa shape index (κ2) is 4.09. The number of rotatable bonds is 4. The van der Waals surface area contributed by atoms with Gasteiger partial charge in [0.05, 0.1) is 0 Å². The summed E-state index contributed by atoms with van der Waals surface area (Å²) in [4.78, 5) is 11.4. The van der Waals surface area contributed by atoms with Gasteiger partial charge in [-0.15, -0.1) is 0 Å². The predicted octanol–water partition coefficient (Wildman–Crippen LogP) is -0.583. The van der Waals surface area contributed by atoms with Crippen LogP contribution in [0.5, 0.6) is 0 Å². The molecule has 3 N–H and O–H groups in total. The second-order valence-corrected chi connectivity index (χ2v) is 6.77. The molecule has 15 heavy (non-hydrogen) atoms. The maximum atomic E-state index is 11.4. The molecule has 0 saturated heterocycles. The van der Waals surface area contributed by atoms with Crippen molar-refractivity contribution in [3.8, 4) is 0 Å². The number of carbonyl (C=O) groups excluding carboxylic acids is 1. The average Bonchev–Trinajstić information content (AvgIpc) is 2.08. The van der Waals surface area contributed by atoms with E-state index in [1.165, 1.54) is 6.92 Å². The van der Waals surface area contributed by atoms with Gasteiger partial charge in [0.1, 0.15) is 5.25 Å². The molecular weight excluding hydrogens is 216 g/mol. The number of nitrogens with two attached hydrogens (primary N) is 1. The molecule has 0 aromatic rings. The van der Waals surface area contributed by atoms with Crippen molar-refractivity contribution in [1.82, 2.24) is 5.32 Å². The molecule has 0 radical (unpaired) electrons. The van der Waals surface area contributed by atoms with E-state index in [1.807, 2.05) is 0 Å². The average molecular weight is 234 g/mol. The third-order valence-electron chi connectivity index (χ3n) is 2.98. The molecular formula is C9H18N2O3S. The highest BCUT2D eigenvalue weighted by Gasteiger charge is 2.33. The lowest BCUT2D eigenvalue weighted by atomic mass is 9.78. The molecule has 0 aliphatic heterocycles. The largest absolute Gasteiger partial charge is 0.353 e. The van der Waals surface area contributed by atoms with Crippen molar-refractivity contribution in [2.24, 2.45) is 5.73 Å². The minimum atomic E-state index is -3.31. The number of carbonyl (C=O) groups is 1. The Bertz CT molecular complexity index is 346. The van der Waals surface area contributed by atoms with Gasteiger partial charge >= 0.3 is 0 Å². The molecule has 1 aliphatic carbocycles. The second-order valence-electron chi connectivity index (χ2n) is 4.41. The lowest BCUT2D eigenvalue weighted by molar-refractivity contribution is -0.120. The van der Waals surface area contributed by atoms with E-state index < -0.39 is 21.0 Å². The zero-order valence-corrected chi connectivity index (χ0v) is 9.93. The molecule has 0 aromatic heterocycles. The first-order valence-corrected chi connectivity index (χ1v) is 6.95. The van der Waals surface area contributed by atoms with E-state index in [2.05, 4.69) is 5.32 Å². The highest BCUT2D eigenvalue weighted by atomic mass is 32.2. The maximum absolute atomic E-state index is 11.4. The van der Waals surface area contributed by atoms with Gasteiger partial charge in [-0.2, -0.15) is 0 Å². The molecule has 5 nitrogen and oxygen atoms in total. The normalized spacial score (nSPS) is 21.5. The Morgan fingerprint density at radius 3 is 2.40 bits per heavy atom. The number of hydrogen-bond donors (Lipinski definition) is 2. The summed E-state index contributed by atoms with van der Waals surface area (Å²) in [6.07, 6.45) is 3.91. The first-order valence-electron chi connectivity index (χ1n) is 5.00. The molecule has 1 saturated carbocycles. The highest BCUT2D eigenvalue weighted by Crippen LogP contribution is 2.28. The number of nitrogens with one attached hydrogen (secondary N) is 1. The van der Waals surface area contributed by atoms with Crippen LogP contribution in [0.25, 0.3) is 0 Å². The molecule has 1 unspecified atom stereocenters. The maximum Gasteiger partial charge on any atom is 0.238 e. The minimum Gasteiger partial charge on any atom is -0.353 e. The molecule has 0 bridgehead atoms. The number of hydrogen-bond acceptors (Lipinski definition) is 4. The zero-order valence-electron chi connectivity index (χ0n) is 9.12. The van der Waals surface area contributed by atoms with Crippen LogP contribution in [-0.2, 0) is 14.6 Å². The Hall–Kier alpha value is -0.620. The minimum absolute atomic E-state index is 0.313. The van der Waals surface area contributed by atoms with Crippen molar-refractivity contribution in [2.45, 2.75) is 37.0 Å². The highest BCUT2D eigenvalue weighted by molar-refractivity contribution is 7.92. The van der Waals surface area contributed by atoms with E-state index >= 15 is 0 Å². The van der Waals surface area contributed by atoms with E-state index in [9.17, 15) is 13.2 Å². The number of amides is 1. The van der Waals surface area contributed by atoms with Crippen LogP contribution in [-0.4, -0.2) is 37.9 Å². The van der Waals surface area contributed by atoms with Gasteiger partial charge in [0.15, 0.2) is 9.84 Å². The van der Waals surface area contributed by atoms with E-state index in [0.29, 0.717) is 6.54 Å². The van der Waals surface area contributed by atoms with Gasteiger partial charge in [-0.05, 0) is 26.2 Å². The van der Waals surface area contributed by atoms with Gasteiger partial charge in [0.25, 0.3) is 0 Å². The van der Waals surface area contributed by atoms with Gasteiger partial charge in [0.2, 0.25) is 5.91 Å². The van der Waals surface area contributed by atoms with Crippen LogP contribution in [0.4, 0.5) is 0 Å². The van der Waals surface area contributed by atoms with Gasteiger partial charge in [-0.3, -0.25) is 4.79 Å². The monoisotopic (exact) mass is 234 g/mol. The Morgan fingerprint density at radius 2 is 2.07 bits per heavy atom. The van der Waals surface area contributed by atoms with Gasteiger partial charge in [0, 0.05) is 18.3 Å². The fraction of sp³-hybridized carbons (Fsp3) is 0.889. The van der Waals surface area contributed by atoms with E-state index in [1.54, 1.807) is 0 Å². The Morgan fingerprint density at radius 1 is 1.53 bits per heavy atom. The number of sulfone groups is 1. The van der Waals surface area contributed by atoms with Crippen LogP contribution < -0.4 is 11.1 Å². The summed E-state index contributed by atoms with van der Waals surface area (Å²) in [5.41, 5.74) is 5.58. The summed E-state index contributed by atoms with van der Waals surface area (Å²) >= 11 is 0. The van der Waals surface area contributed by atoms with Crippen molar-refractivity contribution in [3.05, 3.63) is 0 Å². The zero-order chi connectivity index (χ0) is 11.7. The van der Waals surface area contributed by atoms with Crippen molar-refractivity contribution in [1.29, 1.82) is 0 Å².